The Morgan fingerprint density at radius 2 is 1.86 bits per heavy atom. The molecule has 1 aromatic carbocycles. The SMILES string of the molecule is CNc1cc(F)c(F)cc1C(F)(F)NC(=O)c1ccnnc1. The van der Waals surface area contributed by atoms with Crippen molar-refractivity contribution in [2.45, 2.75) is 6.05 Å². The number of amides is 1. The van der Waals surface area contributed by atoms with E-state index in [-0.39, 0.29) is 11.3 Å². The minimum atomic E-state index is -3.92. The first-order valence-corrected chi connectivity index (χ1v) is 5.99. The first-order chi connectivity index (χ1) is 10.3. The average molecular weight is 314 g/mol. The van der Waals surface area contributed by atoms with Crippen molar-refractivity contribution < 1.29 is 22.4 Å². The van der Waals surface area contributed by atoms with Crippen LogP contribution in [0.25, 0.3) is 0 Å². The smallest absolute Gasteiger partial charge is 0.354 e. The molecule has 2 N–H and O–H groups in total. The zero-order valence-corrected chi connectivity index (χ0v) is 11.2. The van der Waals surface area contributed by atoms with Gasteiger partial charge in [0, 0.05) is 18.8 Å². The molecule has 0 spiro atoms. The second-order valence-electron chi connectivity index (χ2n) is 4.22. The molecule has 0 saturated heterocycles. The van der Waals surface area contributed by atoms with E-state index in [0.717, 1.165) is 12.4 Å². The fourth-order valence-electron chi connectivity index (χ4n) is 1.72. The molecule has 0 aliphatic rings. The predicted molar refractivity (Wildman–Crippen MR) is 69.3 cm³/mol. The molecule has 116 valence electrons. The van der Waals surface area contributed by atoms with Crippen molar-refractivity contribution in [1.82, 2.24) is 15.5 Å². The third kappa shape index (κ3) is 3.13. The number of alkyl halides is 2. The van der Waals surface area contributed by atoms with Gasteiger partial charge in [0.1, 0.15) is 0 Å². The fourth-order valence-corrected chi connectivity index (χ4v) is 1.72. The quantitative estimate of drug-likeness (QED) is 0.671. The predicted octanol–water partition coefficient (Wildman–Crippen LogP) is 2.28. The summed E-state index contributed by atoms with van der Waals surface area (Å²) in [5.74, 6) is -3.87. The summed E-state index contributed by atoms with van der Waals surface area (Å²) in [7, 11) is 1.26. The first kappa shape index (κ1) is 15.7. The van der Waals surface area contributed by atoms with Crippen LogP contribution in [0.2, 0.25) is 0 Å². The number of anilines is 1. The third-order valence-corrected chi connectivity index (χ3v) is 2.79. The molecule has 1 heterocycles. The van der Waals surface area contributed by atoms with Gasteiger partial charge in [-0.25, -0.2) is 8.78 Å². The number of halogens is 4. The molecule has 5 nitrogen and oxygen atoms in total. The van der Waals surface area contributed by atoms with Crippen LogP contribution in [-0.2, 0) is 6.05 Å². The second kappa shape index (κ2) is 5.96. The van der Waals surface area contributed by atoms with Crippen LogP contribution in [0.1, 0.15) is 15.9 Å². The van der Waals surface area contributed by atoms with Crippen molar-refractivity contribution in [2.24, 2.45) is 0 Å². The lowest BCUT2D eigenvalue weighted by Gasteiger charge is -2.21. The van der Waals surface area contributed by atoms with Crippen molar-refractivity contribution in [1.29, 1.82) is 0 Å². The molecule has 0 aliphatic heterocycles. The largest absolute Gasteiger partial charge is 0.388 e. The maximum atomic E-state index is 14.2. The number of hydrogen-bond acceptors (Lipinski definition) is 4. The van der Waals surface area contributed by atoms with E-state index in [4.69, 9.17) is 0 Å². The number of nitrogens with zero attached hydrogens (tertiary/aromatic N) is 2. The standard InChI is InChI=1S/C13H10F4N4O/c1-18-11-5-10(15)9(14)4-8(11)13(16,17)21-12(22)7-2-3-19-20-6-7/h2-6,18H,1H3,(H,21,22). The van der Waals surface area contributed by atoms with Crippen LogP contribution in [0.4, 0.5) is 23.2 Å². The van der Waals surface area contributed by atoms with Crippen LogP contribution < -0.4 is 10.6 Å². The number of nitrogens with one attached hydrogen (secondary N) is 2. The molecule has 0 aliphatic carbocycles. The van der Waals surface area contributed by atoms with E-state index in [0.29, 0.717) is 12.1 Å². The number of hydrogen-bond donors (Lipinski definition) is 2. The number of carbonyl (C=O) groups is 1. The van der Waals surface area contributed by atoms with Gasteiger partial charge >= 0.3 is 6.05 Å². The lowest BCUT2D eigenvalue weighted by atomic mass is 10.1. The van der Waals surface area contributed by atoms with Crippen molar-refractivity contribution in [3.63, 3.8) is 0 Å². The third-order valence-electron chi connectivity index (χ3n) is 2.79. The fraction of sp³-hybridized carbons (Fsp3) is 0.154. The lowest BCUT2D eigenvalue weighted by Crippen LogP contribution is -2.39. The van der Waals surface area contributed by atoms with E-state index >= 15 is 0 Å². The summed E-state index contributed by atoms with van der Waals surface area (Å²) in [5, 5.41) is 10.6. The zero-order chi connectivity index (χ0) is 16.3. The molecule has 0 radical (unpaired) electrons. The van der Waals surface area contributed by atoms with Crippen molar-refractivity contribution in [3.8, 4) is 0 Å². The van der Waals surface area contributed by atoms with Crippen molar-refractivity contribution in [3.05, 3.63) is 53.4 Å². The molecule has 0 atom stereocenters. The lowest BCUT2D eigenvalue weighted by molar-refractivity contribution is -0.0329. The van der Waals surface area contributed by atoms with E-state index in [9.17, 15) is 22.4 Å². The number of aromatic nitrogens is 2. The summed E-state index contributed by atoms with van der Waals surface area (Å²) in [6.45, 7) is 0. The molecule has 1 amide bonds. The summed E-state index contributed by atoms with van der Waals surface area (Å²) in [4.78, 5) is 11.7. The van der Waals surface area contributed by atoms with Crippen LogP contribution >= 0.6 is 0 Å². The topological polar surface area (TPSA) is 66.9 Å². The minimum absolute atomic E-state index is 0.150. The maximum absolute atomic E-state index is 14.2. The molecular weight excluding hydrogens is 304 g/mol. The molecule has 0 fully saturated rings. The molecule has 2 rings (SSSR count). The van der Waals surface area contributed by atoms with E-state index < -0.39 is 29.2 Å². The van der Waals surface area contributed by atoms with Crippen molar-refractivity contribution >= 4 is 11.6 Å². The van der Waals surface area contributed by atoms with Gasteiger partial charge in [0.2, 0.25) is 0 Å². The van der Waals surface area contributed by atoms with Gasteiger partial charge in [-0.3, -0.25) is 10.1 Å². The van der Waals surface area contributed by atoms with Crippen molar-refractivity contribution in [2.75, 3.05) is 12.4 Å². The first-order valence-electron chi connectivity index (χ1n) is 5.99. The highest BCUT2D eigenvalue weighted by atomic mass is 19.3. The second-order valence-corrected chi connectivity index (χ2v) is 4.22. The summed E-state index contributed by atoms with van der Waals surface area (Å²) in [5.41, 5.74) is -1.40. The summed E-state index contributed by atoms with van der Waals surface area (Å²) >= 11 is 0. The molecule has 9 heteroatoms. The van der Waals surface area contributed by atoms with Gasteiger partial charge in [-0.05, 0) is 12.1 Å². The number of carbonyl (C=O) groups excluding carboxylic acids is 1. The molecule has 0 bridgehead atoms. The monoisotopic (exact) mass is 314 g/mol. The Kier molecular flexibility index (Phi) is 4.25. The van der Waals surface area contributed by atoms with Crippen LogP contribution in [0, 0.1) is 11.6 Å². The number of rotatable bonds is 4. The Bertz CT molecular complexity index is 694. The molecular formula is C13H10F4N4O. The van der Waals surface area contributed by atoms with E-state index in [1.807, 2.05) is 0 Å². The minimum Gasteiger partial charge on any atom is -0.388 e. The highest BCUT2D eigenvalue weighted by Crippen LogP contribution is 2.33. The van der Waals surface area contributed by atoms with Gasteiger partial charge in [-0.15, -0.1) is 0 Å². The molecule has 2 aromatic rings. The summed E-state index contributed by atoms with van der Waals surface area (Å²) in [6.07, 6.45) is 2.15. The Balaban J connectivity index is 2.34. The van der Waals surface area contributed by atoms with Gasteiger partial charge in [0.25, 0.3) is 5.91 Å². The van der Waals surface area contributed by atoms with Gasteiger partial charge in [0.15, 0.2) is 11.6 Å². The molecule has 22 heavy (non-hydrogen) atoms. The van der Waals surface area contributed by atoms with Gasteiger partial charge in [0.05, 0.1) is 23.5 Å². The highest BCUT2D eigenvalue weighted by Gasteiger charge is 2.37. The van der Waals surface area contributed by atoms with E-state index in [2.05, 4.69) is 15.5 Å². The Labute approximate surface area is 122 Å². The highest BCUT2D eigenvalue weighted by molar-refractivity contribution is 5.94. The summed E-state index contributed by atoms with van der Waals surface area (Å²) < 4.78 is 54.6. The van der Waals surface area contributed by atoms with Crippen LogP contribution in [0.15, 0.2) is 30.6 Å². The molecule has 0 saturated carbocycles. The molecule has 1 aromatic heterocycles. The van der Waals surface area contributed by atoms with Gasteiger partial charge in [-0.2, -0.15) is 19.0 Å². The maximum Gasteiger partial charge on any atom is 0.354 e. The Morgan fingerprint density at radius 3 is 2.45 bits per heavy atom. The normalized spacial score (nSPS) is 11.1. The number of benzene rings is 1. The van der Waals surface area contributed by atoms with E-state index in [1.165, 1.54) is 18.4 Å². The zero-order valence-electron chi connectivity index (χ0n) is 11.2. The average Bonchev–Trinajstić information content (AvgIpc) is 2.49. The van der Waals surface area contributed by atoms with Gasteiger partial charge < -0.3 is 5.32 Å². The Morgan fingerprint density at radius 1 is 1.18 bits per heavy atom. The van der Waals surface area contributed by atoms with Crippen LogP contribution in [0.3, 0.4) is 0 Å². The van der Waals surface area contributed by atoms with Crippen LogP contribution in [-0.4, -0.2) is 23.2 Å². The summed E-state index contributed by atoms with van der Waals surface area (Å²) in [6, 6.07) is -1.83. The van der Waals surface area contributed by atoms with E-state index in [1.54, 1.807) is 0 Å². The van der Waals surface area contributed by atoms with Gasteiger partial charge in [-0.1, -0.05) is 0 Å². The molecule has 0 unspecified atom stereocenters. The Hall–Kier alpha value is -2.71. The van der Waals surface area contributed by atoms with Crippen LogP contribution in [0.5, 0.6) is 0 Å².